The molecule has 5 heteroatoms. The molecule has 3 aliphatic rings. The summed E-state index contributed by atoms with van der Waals surface area (Å²) in [6, 6.07) is 0.0348. The third-order valence-corrected chi connectivity index (χ3v) is 4.30. The number of nitrogens with zero attached hydrogens (tertiary/aromatic N) is 2. The van der Waals surface area contributed by atoms with Crippen LogP contribution in [0.4, 0.5) is 4.79 Å². The van der Waals surface area contributed by atoms with Crippen molar-refractivity contribution in [3.8, 4) is 0 Å². The lowest BCUT2D eigenvalue weighted by molar-refractivity contribution is -0.138. The van der Waals surface area contributed by atoms with Crippen LogP contribution in [0, 0.1) is 0 Å². The van der Waals surface area contributed by atoms with Crippen molar-refractivity contribution in [2.45, 2.75) is 50.6 Å². The Balaban J connectivity index is 1.77. The third-order valence-electron chi connectivity index (χ3n) is 4.30. The van der Waals surface area contributed by atoms with Crippen molar-refractivity contribution in [2.24, 2.45) is 0 Å². The second-order valence-electron chi connectivity index (χ2n) is 5.46. The highest BCUT2D eigenvalue weighted by Gasteiger charge is 2.43. The minimum atomic E-state index is -0.0774. The molecule has 0 aromatic rings. The summed E-state index contributed by atoms with van der Waals surface area (Å²) in [5, 5.41) is 0. The molecule has 1 atom stereocenters. The molecule has 0 N–H and O–H groups in total. The molecule has 100 valence electrons. The van der Waals surface area contributed by atoms with E-state index in [4.69, 9.17) is 4.74 Å². The second-order valence-corrected chi connectivity index (χ2v) is 5.46. The predicted molar refractivity (Wildman–Crippen MR) is 65.0 cm³/mol. The van der Waals surface area contributed by atoms with Crippen molar-refractivity contribution in [3.05, 3.63) is 0 Å². The lowest BCUT2D eigenvalue weighted by Crippen LogP contribution is -2.63. The van der Waals surface area contributed by atoms with Crippen LogP contribution in [0.15, 0.2) is 0 Å². The van der Waals surface area contributed by atoms with Gasteiger partial charge in [-0.3, -0.25) is 9.69 Å². The van der Waals surface area contributed by atoms with Gasteiger partial charge in [0.05, 0.1) is 25.7 Å². The topological polar surface area (TPSA) is 49.9 Å². The van der Waals surface area contributed by atoms with Crippen LogP contribution in [0.1, 0.15) is 38.5 Å². The van der Waals surface area contributed by atoms with Gasteiger partial charge in [-0.05, 0) is 12.8 Å². The Hall–Kier alpha value is -1.10. The third kappa shape index (κ3) is 2.00. The molecular formula is C13H20N2O3. The first-order chi connectivity index (χ1) is 8.77. The maximum Gasteiger partial charge on any atom is 0.327 e. The van der Waals surface area contributed by atoms with Gasteiger partial charge in [0.15, 0.2) is 0 Å². The van der Waals surface area contributed by atoms with E-state index < -0.39 is 0 Å². The summed E-state index contributed by atoms with van der Waals surface area (Å²) in [4.78, 5) is 28.0. The number of fused-ring (bicyclic) bond motifs is 1. The molecular weight excluding hydrogens is 232 g/mol. The van der Waals surface area contributed by atoms with Gasteiger partial charge < -0.3 is 9.64 Å². The van der Waals surface area contributed by atoms with Crippen LogP contribution in [-0.4, -0.2) is 53.6 Å². The van der Waals surface area contributed by atoms with Crippen LogP contribution >= 0.6 is 0 Å². The average Bonchev–Trinajstić information content (AvgIpc) is 2.40. The van der Waals surface area contributed by atoms with Gasteiger partial charge >= 0.3 is 6.03 Å². The summed E-state index contributed by atoms with van der Waals surface area (Å²) in [6.45, 7) is 1.73. The van der Waals surface area contributed by atoms with E-state index in [2.05, 4.69) is 0 Å². The minimum Gasteiger partial charge on any atom is -0.377 e. The number of amides is 3. The molecule has 3 amide bonds. The quantitative estimate of drug-likeness (QED) is 0.708. The van der Waals surface area contributed by atoms with Gasteiger partial charge in [-0.25, -0.2) is 4.79 Å². The largest absolute Gasteiger partial charge is 0.377 e. The molecule has 18 heavy (non-hydrogen) atoms. The molecule has 1 unspecified atom stereocenters. The fourth-order valence-electron chi connectivity index (χ4n) is 3.32. The van der Waals surface area contributed by atoms with Crippen LogP contribution in [-0.2, 0) is 9.53 Å². The van der Waals surface area contributed by atoms with Crippen LogP contribution in [0.5, 0.6) is 0 Å². The zero-order chi connectivity index (χ0) is 12.5. The first kappa shape index (κ1) is 12.0. The van der Waals surface area contributed by atoms with E-state index in [1.165, 1.54) is 6.42 Å². The number of hydrogen-bond donors (Lipinski definition) is 0. The number of ether oxygens (including phenoxy) is 1. The lowest BCUT2D eigenvalue weighted by atomic mass is 9.93. The van der Waals surface area contributed by atoms with Crippen molar-refractivity contribution in [1.82, 2.24) is 9.80 Å². The molecule has 0 spiro atoms. The molecule has 2 heterocycles. The van der Waals surface area contributed by atoms with E-state index in [0.717, 1.165) is 25.7 Å². The Bertz CT molecular complexity index is 352. The van der Waals surface area contributed by atoms with E-state index in [1.807, 2.05) is 4.90 Å². The summed E-state index contributed by atoms with van der Waals surface area (Å²) in [6.07, 6.45) is 5.89. The minimum absolute atomic E-state index is 0.00125. The second kappa shape index (κ2) is 4.88. The molecule has 0 aromatic carbocycles. The van der Waals surface area contributed by atoms with Gasteiger partial charge in [-0.2, -0.15) is 0 Å². The molecule has 1 saturated carbocycles. The highest BCUT2D eigenvalue weighted by Crippen LogP contribution is 2.28. The smallest absolute Gasteiger partial charge is 0.327 e. The SMILES string of the molecule is O=C1CC2COCCN2C(=O)N1C1CCCCC1. The predicted octanol–water partition coefficient (Wildman–Crippen LogP) is 1.37. The van der Waals surface area contributed by atoms with Gasteiger partial charge in [-0.1, -0.05) is 19.3 Å². The Morgan fingerprint density at radius 2 is 1.83 bits per heavy atom. The number of carbonyl (C=O) groups excluding carboxylic acids is 2. The summed E-state index contributed by atoms with van der Waals surface area (Å²) in [7, 11) is 0. The summed E-state index contributed by atoms with van der Waals surface area (Å²) < 4.78 is 5.35. The lowest BCUT2D eigenvalue weighted by Gasteiger charge is -2.45. The van der Waals surface area contributed by atoms with Crippen molar-refractivity contribution < 1.29 is 14.3 Å². The van der Waals surface area contributed by atoms with Gasteiger partial charge in [0.25, 0.3) is 0 Å². The Labute approximate surface area is 107 Å². The van der Waals surface area contributed by atoms with Crippen LogP contribution in [0.2, 0.25) is 0 Å². The Morgan fingerprint density at radius 1 is 1.06 bits per heavy atom. The van der Waals surface area contributed by atoms with Crippen molar-refractivity contribution >= 4 is 11.9 Å². The molecule has 5 nitrogen and oxygen atoms in total. The molecule has 2 aliphatic heterocycles. The van der Waals surface area contributed by atoms with E-state index in [0.29, 0.717) is 26.2 Å². The van der Waals surface area contributed by atoms with Crippen LogP contribution < -0.4 is 0 Å². The van der Waals surface area contributed by atoms with E-state index in [1.54, 1.807) is 4.90 Å². The normalized spacial score (nSPS) is 30.6. The first-order valence-corrected chi connectivity index (χ1v) is 6.98. The number of urea groups is 1. The Kier molecular flexibility index (Phi) is 3.24. The van der Waals surface area contributed by atoms with Gasteiger partial charge in [0, 0.05) is 12.6 Å². The van der Waals surface area contributed by atoms with Crippen LogP contribution in [0.3, 0.4) is 0 Å². The fourth-order valence-corrected chi connectivity index (χ4v) is 3.32. The van der Waals surface area contributed by atoms with Crippen molar-refractivity contribution in [1.29, 1.82) is 0 Å². The van der Waals surface area contributed by atoms with E-state index in [9.17, 15) is 9.59 Å². The highest BCUT2D eigenvalue weighted by atomic mass is 16.5. The molecule has 2 saturated heterocycles. The summed E-state index contributed by atoms with van der Waals surface area (Å²) in [5.74, 6) is -0.00125. The van der Waals surface area contributed by atoms with Gasteiger partial charge in [0.1, 0.15) is 0 Å². The van der Waals surface area contributed by atoms with Crippen molar-refractivity contribution in [3.63, 3.8) is 0 Å². The maximum atomic E-state index is 12.4. The fraction of sp³-hybridized carbons (Fsp3) is 0.846. The van der Waals surface area contributed by atoms with Crippen molar-refractivity contribution in [2.75, 3.05) is 19.8 Å². The zero-order valence-corrected chi connectivity index (χ0v) is 10.6. The monoisotopic (exact) mass is 252 g/mol. The standard InChI is InChI=1S/C13H20N2O3/c16-12-8-11-9-18-7-6-14(11)13(17)15(12)10-4-2-1-3-5-10/h10-11H,1-9H2. The average molecular weight is 252 g/mol. The maximum absolute atomic E-state index is 12.4. The first-order valence-electron chi connectivity index (χ1n) is 6.98. The Morgan fingerprint density at radius 3 is 2.61 bits per heavy atom. The number of carbonyl (C=O) groups is 2. The number of morpholine rings is 1. The molecule has 0 bridgehead atoms. The van der Waals surface area contributed by atoms with E-state index >= 15 is 0 Å². The summed E-state index contributed by atoms with van der Waals surface area (Å²) in [5.41, 5.74) is 0. The number of hydrogen-bond acceptors (Lipinski definition) is 3. The number of rotatable bonds is 1. The van der Waals surface area contributed by atoms with Crippen LogP contribution in [0.25, 0.3) is 0 Å². The molecule has 0 aromatic heterocycles. The van der Waals surface area contributed by atoms with Gasteiger partial charge in [-0.15, -0.1) is 0 Å². The summed E-state index contributed by atoms with van der Waals surface area (Å²) >= 11 is 0. The van der Waals surface area contributed by atoms with Gasteiger partial charge in [0.2, 0.25) is 5.91 Å². The molecule has 0 radical (unpaired) electrons. The molecule has 3 rings (SSSR count). The highest BCUT2D eigenvalue weighted by molar-refractivity contribution is 5.97. The zero-order valence-electron chi connectivity index (χ0n) is 10.6. The van der Waals surface area contributed by atoms with E-state index in [-0.39, 0.29) is 24.0 Å². The number of imide groups is 1. The molecule has 3 fully saturated rings. The molecule has 1 aliphatic carbocycles.